The van der Waals surface area contributed by atoms with E-state index in [1.54, 1.807) is 0 Å². The lowest BCUT2D eigenvalue weighted by Gasteiger charge is -2.12. The van der Waals surface area contributed by atoms with Gasteiger partial charge in [0.1, 0.15) is 0 Å². The van der Waals surface area contributed by atoms with Crippen LogP contribution in [0.3, 0.4) is 0 Å². The van der Waals surface area contributed by atoms with Crippen molar-refractivity contribution in [3.8, 4) is 0 Å². The molecule has 0 rings (SSSR count). The van der Waals surface area contributed by atoms with Crippen LogP contribution in [0, 0.1) is 0 Å². The van der Waals surface area contributed by atoms with E-state index in [1.807, 2.05) is 0 Å². The molecule has 0 saturated heterocycles. The second-order valence-electron chi connectivity index (χ2n) is 2.19. The van der Waals surface area contributed by atoms with Crippen molar-refractivity contribution in [2.24, 2.45) is 0 Å². The topological polar surface area (TPSA) is 134 Å². The van der Waals surface area contributed by atoms with Gasteiger partial charge < -0.3 is 19.8 Å². The first-order chi connectivity index (χ1) is 5.62. The third-order valence-corrected chi connectivity index (χ3v) is 2.84. The van der Waals surface area contributed by atoms with Gasteiger partial charge in [0.15, 0.2) is 0 Å². The summed E-state index contributed by atoms with van der Waals surface area (Å²) in [5, 5.41) is 8.61. The van der Waals surface area contributed by atoms with Crippen LogP contribution in [-0.4, -0.2) is 32.5 Å². The molecule has 0 aliphatic carbocycles. The van der Waals surface area contributed by atoms with E-state index in [0.29, 0.717) is 0 Å². The van der Waals surface area contributed by atoms with E-state index in [9.17, 15) is 9.13 Å². The molecule has 4 N–H and O–H groups in total. The monoisotopic (exact) mass is 236 g/mol. The molecule has 0 saturated carbocycles. The lowest BCUT2D eigenvalue weighted by Crippen LogP contribution is -2.09. The Bertz CT molecular complexity index is 242. The minimum absolute atomic E-state index is 0.562. The standard InChI is InChI=1S/C3H10O8P2/c1-3(4)2-10-13(8,9)11-12(5,6)7/h3-4H,2H2,1H3,(H,8,9)(H2,5,6,7). The third-order valence-electron chi connectivity index (χ3n) is 0.688. The molecule has 0 aromatic carbocycles. The summed E-state index contributed by atoms with van der Waals surface area (Å²) < 4.78 is 28.2. The highest BCUT2D eigenvalue weighted by molar-refractivity contribution is 7.60. The van der Waals surface area contributed by atoms with E-state index in [0.717, 1.165) is 0 Å². The Balaban J connectivity index is 4.10. The fourth-order valence-electron chi connectivity index (χ4n) is 0.360. The minimum Gasteiger partial charge on any atom is -0.391 e. The molecule has 0 aromatic heterocycles. The zero-order chi connectivity index (χ0) is 10.7. The summed E-state index contributed by atoms with van der Waals surface area (Å²) in [4.78, 5) is 24.9. The van der Waals surface area contributed by atoms with Gasteiger partial charge in [-0.25, -0.2) is 9.13 Å². The summed E-state index contributed by atoms with van der Waals surface area (Å²) in [6.07, 6.45) is -1.04. The fourth-order valence-corrected chi connectivity index (χ4v) is 2.03. The Labute approximate surface area is 74.0 Å². The first kappa shape index (κ1) is 13.2. The molecule has 80 valence electrons. The van der Waals surface area contributed by atoms with Gasteiger partial charge in [0.25, 0.3) is 0 Å². The highest BCUT2D eigenvalue weighted by Crippen LogP contribution is 2.57. The van der Waals surface area contributed by atoms with Crippen molar-refractivity contribution in [3.63, 3.8) is 0 Å². The molecular weight excluding hydrogens is 226 g/mol. The van der Waals surface area contributed by atoms with Gasteiger partial charge in [-0.1, -0.05) is 0 Å². The summed E-state index contributed by atoms with van der Waals surface area (Å²) >= 11 is 0. The van der Waals surface area contributed by atoms with Crippen LogP contribution in [0.1, 0.15) is 6.92 Å². The highest BCUT2D eigenvalue weighted by atomic mass is 31.3. The molecule has 0 heterocycles. The Kier molecular flexibility index (Phi) is 4.71. The number of phosphoric acid groups is 2. The average molecular weight is 236 g/mol. The maximum atomic E-state index is 10.6. The zero-order valence-electron chi connectivity index (χ0n) is 6.60. The van der Waals surface area contributed by atoms with Gasteiger partial charge in [0, 0.05) is 0 Å². The van der Waals surface area contributed by atoms with Crippen LogP contribution < -0.4 is 0 Å². The predicted molar refractivity (Wildman–Crippen MR) is 40.6 cm³/mol. The molecule has 0 amide bonds. The van der Waals surface area contributed by atoms with Crippen molar-refractivity contribution in [3.05, 3.63) is 0 Å². The molecule has 13 heavy (non-hydrogen) atoms. The number of aliphatic hydroxyl groups is 1. The summed E-state index contributed by atoms with van der Waals surface area (Å²) in [6, 6.07) is 0. The molecule has 0 aromatic rings. The normalized spacial score (nSPS) is 19.5. The van der Waals surface area contributed by atoms with Crippen LogP contribution in [0.25, 0.3) is 0 Å². The van der Waals surface area contributed by atoms with Gasteiger partial charge in [-0.05, 0) is 6.92 Å². The smallest absolute Gasteiger partial charge is 0.391 e. The second kappa shape index (κ2) is 4.63. The first-order valence-corrected chi connectivity index (χ1v) is 6.07. The Morgan fingerprint density at radius 3 is 2.08 bits per heavy atom. The van der Waals surface area contributed by atoms with Crippen molar-refractivity contribution >= 4 is 15.6 Å². The summed E-state index contributed by atoms with van der Waals surface area (Å²) in [5.41, 5.74) is 0. The van der Waals surface area contributed by atoms with Crippen molar-refractivity contribution < 1.29 is 37.8 Å². The lowest BCUT2D eigenvalue weighted by molar-refractivity contribution is 0.0948. The molecule has 0 aliphatic rings. The average Bonchev–Trinajstić information content (AvgIpc) is 1.78. The van der Waals surface area contributed by atoms with Gasteiger partial charge in [-0.15, -0.1) is 0 Å². The predicted octanol–water partition coefficient (Wildman–Crippen LogP) is -0.407. The number of hydrogen-bond donors (Lipinski definition) is 4. The highest BCUT2D eigenvalue weighted by Gasteiger charge is 2.32. The van der Waals surface area contributed by atoms with Crippen LogP contribution >= 0.6 is 15.6 Å². The van der Waals surface area contributed by atoms with Crippen molar-refractivity contribution in [2.75, 3.05) is 6.61 Å². The Hall–Kier alpha value is 0.220. The molecule has 0 bridgehead atoms. The largest absolute Gasteiger partial charge is 0.481 e. The van der Waals surface area contributed by atoms with E-state index in [2.05, 4.69) is 8.83 Å². The van der Waals surface area contributed by atoms with Gasteiger partial charge >= 0.3 is 15.6 Å². The fraction of sp³-hybridized carbons (Fsp3) is 1.00. The van der Waals surface area contributed by atoms with E-state index in [4.69, 9.17) is 19.8 Å². The van der Waals surface area contributed by atoms with Crippen LogP contribution in [-0.2, 0) is 18.0 Å². The van der Waals surface area contributed by atoms with Gasteiger partial charge in [-0.3, -0.25) is 4.52 Å². The van der Waals surface area contributed by atoms with Crippen molar-refractivity contribution in [2.45, 2.75) is 13.0 Å². The third kappa shape index (κ3) is 8.55. The number of rotatable bonds is 5. The minimum atomic E-state index is -5.07. The number of phosphoric ester groups is 1. The van der Waals surface area contributed by atoms with Gasteiger partial charge in [0.05, 0.1) is 12.7 Å². The zero-order valence-corrected chi connectivity index (χ0v) is 8.39. The molecule has 8 nitrogen and oxygen atoms in total. The maximum absolute atomic E-state index is 10.6. The summed E-state index contributed by atoms with van der Waals surface area (Å²) in [7, 11) is -9.86. The first-order valence-electron chi connectivity index (χ1n) is 3.05. The molecule has 10 heteroatoms. The molecule has 0 radical (unpaired) electrons. The number of hydrogen-bond acceptors (Lipinski definition) is 5. The van der Waals surface area contributed by atoms with Crippen molar-refractivity contribution in [1.82, 2.24) is 0 Å². The van der Waals surface area contributed by atoms with Crippen LogP contribution in [0.15, 0.2) is 0 Å². The molecule has 0 spiro atoms. The second-order valence-corrected chi connectivity index (χ2v) is 5.02. The quantitative estimate of drug-likeness (QED) is 0.473. The SMILES string of the molecule is CC(O)COP(=O)(O)OP(=O)(O)O. The maximum Gasteiger partial charge on any atom is 0.481 e. The van der Waals surface area contributed by atoms with E-state index in [-0.39, 0.29) is 0 Å². The van der Waals surface area contributed by atoms with E-state index in [1.165, 1.54) is 6.92 Å². The van der Waals surface area contributed by atoms with Gasteiger partial charge in [0.2, 0.25) is 0 Å². The molecule has 0 fully saturated rings. The molecular formula is C3H10O8P2. The van der Waals surface area contributed by atoms with Crippen molar-refractivity contribution in [1.29, 1.82) is 0 Å². The van der Waals surface area contributed by atoms with E-state index >= 15 is 0 Å². The van der Waals surface area contributed by atoms with Gasteiger partial charge in [-0.2, -0.15) is 4.31 Å². The van der Waals surface area contributed by atoms with Crippen LogP contribution in [0.5, 0.6) is 0 Å². The van der Waals surface area contributed by atoms with Crippen LogP contribution in [0.2, 0.25) is 0 Å². The van der Waals surface area contributed by atoms with Crippen LogP contribution in [0.4, 0.5) is 0 Å². The molecule has 0 aliphatic heterocycles. The molecule has 2 unspecified atom stereocenters. The van der Waals surface area contributed by atoms with E-state index < -0.39 is 28.4 Å². The summed E-state index contributed by atoms with van der Waals surface area (Å²) in [5.74, 6) is 0. The molecule has 2 atom stereocenters. The Morgan fingerprint density at radius 2 is 1.77 bits per heavy atom. The number of aliphatic hydroxyl groups excluding tert-OH is 1. The summed E-state index contributed by atoms with van der Waals surface area (Å²) in [6.45, 7) is 0.700. The lowest BCUT2D eigenvalue weighted by atomic mass is 10.5. The Morgan fingerprint density at radius 1 is 1.31 bits per heavy atom.